The Labute approximate surface area is 129 Å². The lowest BCUT2D eigenvalue weighted by Crippen LogP contribution is -2.65. The Bertz CT molecular complexity index is 454. The molecule has 2 heteroatoms. The summed E-state index contributed by atoms with van der Waals surface area (Å²) >= 11 is 0. The van der Waals surface area contributed by atoms with Crippen molar-refractivity contribution in [2.45, 2.75) is 64.1 Å². The summed E-state index contributed by atoms with van der Waals surface area (Å²) in [6, 6.07) is 12.3. The molecule has 1 aliphatic heterocycles. The SMILES string of the molecule is CCC1CNC(C)(C2CC2)CN1C(C)Cc1ccccc1. The molecule has 1 aliphatic carbocycles. The van der Waals surface area contributed by atoms with Crippen LogP contribution in [0.4, 0.5) is 0 Å². The minimum Gasteiger partial charge on any atom is -0.308 e. The van der Waals surface area contributed by atoms with Gasteiger partial charge < -0.3 is 5.32 Å². The minimum atomic E-state index is 0.344. The second kappa shape index (κ2) is 6.10. The molecule has 0 spiro atoms. The van der Waals surface area contributed by atoms with Gasteiger partial charge >= 0.3 is 0 Å². The van der Waals surface area contributed by atoms with E-state index in [-0.39, 0.29) is 0 Å². The van der Waals surface area contributed by atoms with Gasteiger partial charge in [0.05, 0.1) is 0 Å². The molecule has 21 heavy (non-hydrogen) atoms. The van der Waals surface area contributed by atoms with Gasteiger partial charge in [-0.15, -0.1) is 0 Å². The molecule has 1 aromatic rings. The van der Waals surface area contributed by atoms with Crippen molar-refractivity contribution in [1.29, 1.82) is 0 Å². The molecule has 1 saturated heterocycles. The lowest BCUT2D eigenvalue weighted by molar-refractivity contribution is 0.0424. The van der Waals surface area contributed by atoms with Crippen LogP contribution in [0.3, 0.4) is 0 Å². The van der Waals surface area contributed by atoms with Crippen LogP contribution in [-0.2, 0) is 6.42 Å². The molecule has 2 nitrogen and oxygen atoms in total. The monoisotopic (exact) mass is 286 g/mol. The van der Waals surface area contributed by atoms with E-state index in [0.29, 0.717) is 17.6 Å². The van der Waals surface area contributed by atoms with Gasteiger partial charge in [-0.25, -0.2) is 0 Å². The van der Waals surface area contributed by atoms with Crippen molar-refractivity contribution in [3.05, 3.63) is 35.9 Å². The molecule has 2 aliphatic rings. The maximum absolute atomic E-state index is 3.87. The maximum atomic E-state index is 3.87. The van der Waals surface area contributed by atoms with Crippen LogP contribution < -0.4 is 5.32 Å². The van der Waals surface area contributed by atoms with Crippen LogP contribution >= 0.6 is 0 Å². The van der Waals surface area contributed by atoms with Crippen LogP contribution in [0.5, 0.6) is 0 Å². The predicted molar refractivity (Wildman–Crippen MR) is 89.5 cm³/mol. The largest absolute Gasteiger partial charge is 0.308 e. The van der Waals surface area contributed by atoms with Crippen molar-refractivity contribution in [1.82, 2.24) is 10.2 Å². The normalized spacial score (nSPS) is 32.0. The first-order valence-electron chi connectivity index (χ1n) is 8.67. The molecular formula is C19H30N2. The van der Waals surface area contributed by atoms with Crippen molar-refractivity contribution in [2.24, 2.45) is 5.92 Å². The van der Waals surface area contributed by atoms with Crippen LogP contribution in [0.2, 0.25) is 0 Å². The fourth-order valence-electron chi connectivity index (χ4n) is 3.99. The second-order valence-corrected chi connectivity index (χ2v) is 7.35. The van der Waals surface area contributed by atoms with E-state index < -0.39 is 0 Å². The minimum absolute atomic E-state index is 0.344. The molecule has 1 heterocycles. The zero-order valence-corrected chi connectivity index (χ0v) is 13.8. The van der Waals surface area contributed by atoms with Gasteiger partial charge in [-0.05, 0) is 51.0 Å². The molecule has 0 amide bonds. The Balaban J connectivity index is 1.70. The van der Waals surface area contributed by atoms with Crippen molar-refractivity contribution < 1.29 is 0 Å². The standard InChI is InChI=1S/C19H30N2/c1-4-18-13-20-19(3,17-10-11-17)14-21(18)15(2)12-16-8-6-5-7-9-16/h5-9,15,17-18,20H,4,10-14H2,1-3H3. The fraction of sp³-hybridized carbons (Fsp3) is 0.684. The van der Waals surface area contributed by atoms with Gasteiger partial charge in [0.25, 0.3) is 0 Å². The molecule has 1 aromatic carbocycles. The number of nitrogens with zero attached hydrogens (tertiary/aromatic N) is 1. The molecule has 2 fully saturated rings. The predicted octanol–water partition coefficient (Wildman–Crippen LogP) is 3.47. The maximum Gasteiger partial charge on any atom is 0.0309 e. The van der Waals surface area contributed by atoms with E-state index >= 15 is 0 Å². The molecule has 3 atom stereocenters. The number of hydrogen-bond donors (Lipinski definition) is 1. The molecule has 0 bridgehead atoms. The Kier molecular flexibility index (Phi) is 4.37. The first kappa shape index (κ1) is 15.1. The number of rotatable bonds is 5. The number of nitrogens with one attached hydrogen (secondary N) is 1. The number of benzene rings is 1. The summed E-state index contributed by atoms with van der Waals surface area (Å²) in [6.45, 7) is 9.55. The van der Waals surface area contributed by atoms with Crippen molar-refractivity contribution >= 4 is 0 Å². The third kappa shape index (κ3) is 3.32. The van der Waals surface area contributed by atoms with Gasteiger partial charge in [0, 0.05) is 30.7 Å². The smallest absolute Gasteiger partial charge is 0.0309 e. The van der Waals surface area contributed by atoms with Gasteiger partial charge in [-0.2, -0.15) is 0 Å². The summed E-state index contributed by atoms with van der Waals surface area (Å²) in [6.07, 6.45) is 5.24. The summed E-state index contributed by atoms with van der Waals surface area (Å²) in [5.74, 6) is 0.904. The molecular weight excluding hydrogens is 256 g/mol. The Morgan fingerprint density at radius 1 is 1.29 bits per heavy atom. The first-order chi connectivity index (χ1) is 10.1. The Hall–Kier alpha value is -0.860. The first-order valence-corrected chi connectivity index (χ1v) is 8.67. The summed E-state index contributed by atoms with van der Waals surface area (Å²) < 4.78 is 0. The van der Waals surface area contributed by atoms with Crippen LogP contribution in [0, 0.1) is 5.92 Å². The molecule has 0 aromatic heterocycles. The molecule has 0 radical (unpaired) electrons. The van der Waals surface area contributed by atoms with Crippen LogP contribution in [0.25, 0.3) is 0 Å². The third-order valence-electron chi connectivity index (χ3n) is 5.61. The molecule has 1 saturated carbocycles. The quantitative estimate of drug-likeness (QED) is 0.891. The lowest BCUT2D eigenvalue weighted by atomic mass is 9.88. The van der Waals surface area contributed by atoms with E-state index in [1.165, 1.54) is 31.4 Å². The van der Waals surface area contributed by atoms with E-state index in [9.17, 15) is 0 Å². The van der Waals surface area contributed by atoms with E-state index in [2.05, 4.69) is 61.3 Å². The Morgan fingerprint density at radius 2 is 2.00 bits per heavy atom. The van der Waals surface area contributed by atoms with E-state index in [4.69, 9.17) is 0 Å². The molecule has 3 rings (SSSR count). The summed E-state index contributed by atoms with van der Waals surface area (Å²) in [5.41, 5.74) is 1.81. The van der Waals surface area contributed by atoms with E-state index in [1.54, 1.807) is 0 Å². The lowest BCUT2D eigenvalue weighted by Gasteiger charge is -2.49. The summed E-state index contributed by atoms with van der Waals surface area (Å²) in [5, 5.41) is 3.87. The van der Waals surface area contributed by atoms with Crippen LogP contribution in [0.1, 0.15) is 45.6 Å². The van der Waals surface area contributed by atoms with Gasteiger partial charge in [-0.1, -0.05) is 37.3 Å². The zero-order valence-electron chi connectivity index (χ0n) is 13.8. The van der Waals surface area contributed by atoms with Crippen LogP contribution in [-0.4, -0.2) is 35.6 Å². The zero-order chi connectivity index (χ0) is 14.9. The number of hydrogen-bond acceptors (Lipinski definition) is 2. The third-order valence-corrected chi connectivity index (χ3v) is 5.61. The highest BCUT2D eigenvalue weighted by molar-refractivity contribution is 5.16. The molecule has 1 N–H and O–H groups in total. The van der Waals surface area contributed by atoms with Crippen LogP contribution in [0.15, 0.2) is 30.3 Å². The van der Waals surface area contributed by atoms with Crippen molar-refractivity contribution in [3.8, 4) is 0 Å². The molecule has 116 valence electrons. The van der Waals surface area contributed by atoms with E-state index in [0.717, 1.165) is 18.9 Å². The summed E-state index contributed by atoms with van der Waals surface area (Å²) in [4.78, 5) is 2.78. The van der Waals surface area contributed by atoms with Gasteiger partial charge in [0.15, 0.2) is 0 Å². The average molecular weight is 286 g/mol. The Morgan fingerprint density at radius 3 is 2.62 bits per heavy atom. The van der Waals surface area contributed by atoms with E-state index in [1.807, 2.05) is 0 Å². The van der Waals surface area contributed by atoms with Gasteiger partial charge in [0.2, 0.25) is 0 Å². The fourth-order valence-corrected chi connectivity index (χ4v) is 3.99. The topological polar surface area (TPSA) is 15.3 Å². The van der Waals surface area contributed by atoms with Gasteiger partial charge in [0.1, 0.15) is 0 Å². The molecule has 3 unspecified atom stereocenters. The van der Waals surface area contributed by atoms with Crippen molar-refractivity contribution in [2.75, 3.05) is 13.1 Å². The number of piperazine rings is 1. The van der Waals surface area contributed by atoms with Gasteiger partial charge in [-0.3, -0.25) is 4.90 Å². The highest BCUT2D eigenvalue weighted by Crippen LogP contribution is 2.42. The highest BCUT2D eigenvalue weighted by Gasteiger charge is 2.46. The van der Waals surface area contributed by atoms with Crippen molar-refractivity contribution in [3.63, 3.8) is 0 Å². The summed E-state index contributed by atoms with van der Waals surface area (Å²) in [7, 11) is 0. The second-order valence-electron chi connectivity index (χ2n) is 7.35. The highest BCUT2D eigenvalue weighted by atomic mass is 15.3. The average Bonchev–Trinajstić information content (AvgIpc) is 3.33.